The Balaban J connectivity index is 0.00000676. The van der Waals surface area contributed by atoms with Gasteiger partial charge in [-0.3, -0.25) is 14.6 Å². The van der Waals surface area contributed by atoms with Crippen LogP contribution < -0.4 is 5.32 Å². The van der Waals surface area contributed by atoms with E-state index in [1.165, 1.54) is 0 Å². The van der Waals surface area contributed by atoms with E-state index in [4.69, 9.17) is 9.47 Å². The summed E-state index contributed by atoms with van der Waals surface area (Å²) in [5, 5.41) is 3.38. The van der Waals surface area contributed by atoms with Gasteiger partial charge in [0.1, 0.15) is 0 Å². The molecule has 0 aromatic rings. The predicted octanol–water partition coefficient (Wildman–Crippen LogP) is 2.97. The molecule has 1 atom stereocenters. The Bertz CT molecular complexity index is 460. The summed E-state index contributed by atoms with van der Waals surface area (Å²) < 4.78 is 10.1. The Morgan fingerprint density at radius 1 is 1.11 bits per heavy atom. The van der Waals surface area contributed by atoms with Crippen LogP contribution in [0.4, 0.5) is 0 Å². The van der Waals surface area contributed by atoms with Crippen molar-refractivity contribution in [2.75, 3.05) is 39.9 Å². The van der Waals surface area contributed by atoms with Gasteiger partial charge in [0.25, 0.3) is 0 Å². The number of ether oxygens (including phenoxy) is 2. The second kappa shape index (κ2) is 15.9. The second-order valence-corrected chi connectivity index (χ2v) is 6.48. The van der Waals surface area contributed by atoms with Crippen LogP contribution in [-0.2, 0) is 19.1 Å². The number of nitrogens with zero attached hydrogens (tertiary/aromatic N) is 2. The molecule has 1 unspecified atom stereocenters. The molecule has 0 amide bonds. The van der Waals surface area contributed by atoms with Crippen molar-refractivity contribution in [3.05, 3.63) is 0 Å². The number of esters is 2. The molecule has 158 valence electrons. The van der Waals surface area contributed by atoms with Crippen LogP contribution in [0, 0.1) is 5.92 Å². The molecule has 1 fully saturated rings. The molecule has 1 saturated heterocycles. The molecule has 27 heavy (non-hydrogen) atoms. The molecule has 1 rings (SSSR count). The normalized spacial score (nSPS) is 17.1. The summed E-state index contributed by atoms with van der Waals surface area (Å²) in [6.07, 6.45) is 6.34. The van der Waals surface area contributed by atoms with Crippen molar-refractivity contribution in [2.45, 2.75) is 58.8 Å². The van der Waals surface area contributed by atoms with Gasteiger partial charge in [0.15, 0.2) is 5.96 Å². The van der Waals surface area contributed by atoms with Crippen molar-refractivity contribution in [2.24, 2.45) is 10.9 Å². The summed E-state index contributed by atoms with van der Waals surface area (Å²) in [6.45, 7) is 6.97. The van der Waals surface area contributed by atoms with E-state index >= 15 is 0 Å². The average Bonchev–Trinajstić information content (AvgIpc) is 2.64. The zero-order valence-corrected chi connectivity index (χ0v) is 19.3. The van der Waals surface area contributed by atoms with Crippen LogP contribution in [0.2, 0.25) is 0 Å². The SMILES string of the molecule is CCOC(=O)CCCCCCNC(=NC)N1CCCC(C(=O)OCC)C1.I. The lowest BCUT2D eigenvalue weighted by molar-refractivity contribution is -0.149. The van der Waals surface area contributed by atoms with E-state index < -0.39 is 0 Å². The fourth-order valence-electron chi connectivity index (χ4n) is 3.14. The third-order valence-corrected chi connectivity index (χ3v) is 4.45. The fraction of sp³-hybridized carbons (Fsp3) is 0.842. The summed E-state index contributed by atoms with van der Waals surface area (Å²) >= 11 is 0. The second-order valence-electron chi connectivity index (χ2n) is 6.48. The molecule has 0 aliphatic carbocycles. The lowest BCUT2D eigenvalue weighted by Gasteiger charge is -2.34. The third-order valence-electron chi connectivity index (χ3n) is 4.45. The van der Waals surface area contributed by atoms with Crippen molar-refractivity contribution in [3.8, 4) is 0 Å². The Kier molecular flexibility index (Phi) is 15.3. The molecule has 0 saturated carbocycles. The quantitative estimate of drug-likeness (QED) is 0.164. The molecule has 1 heterocycles. The number of nitrogens with one attached hydrogen (secondary N) is 1. The molecule has 1 N–H and O–H groups in total. The molecule has 0 aromatic heterocycles. The first-order chi connectivity index (χ1) is 12.6. The van der Waals surface area contributed by atoms with Crippen LogP contribution in [0.5, 0.6) is 0 Å². The lowest BCUT2D eigenvalue weighted by Crippen LogP contribution is -2.48. The number of piperidine rings is 1. The zero-order valence-electron chi connectivity index (χ0n) is 17.0. The zero-order chi connectivity index (χ0) is 19.2. The van der Waals surface area contributed by atoms with E-state index in [-0.39, 0.29) is 41.8 Å². The highest BCUT2D eigenvalue weighted by Crippen LogP contribution is 2.18. The molecule has 0 radical (unpaired) electrons. The molecule has 0 bridgehead atoms. The first kappa shape index (κ1) is 25.9. The van der Waals surface area contributed by atoms with Crippen molar-refractivity contribution >= 4 is 41.9 Å². The number of rotatable bonds is 10. The molecule has 1 aliphatic heterocycles. The van der Waals surface area contributed by atoms with Gasteiger partial charge in [-0.05, 0) is 39.5 Å². The predicted molar refractivity (Wildman–Crippen MR) is 117 cm³/mol. The summed E-state index contributed by atoms with van der Waals surface area (Å²) in [5.74, 6) is 0.581. The van der Waals surface area contributed by atoms with E-state index in [1.807, 2.05) is 13.8 Å². The Morgan fingerprint density at radius 2 is 1.81 bits per heavy atom. The average molecular weight is 497 g/mol. The number of hydrogen-bond donors (Lipinski definition) is 1. The smallest absolute Gasteiger partial charge is 0.310 e. The van der Waals surface area contributed by atoms with E-state index in [2.05, 4.69) is 15.2 Å². The Hall–Kier alpha value is -1.06. The van der Waals surface area contributed by atoms with Gasteiger partial charge >= 0.3 is 11.9 Å². The fourth-order valence-corrected chi connectivity index (χ4v) is 3.14. The van der Waals surface area contributed by atoms with Gasteiger partial charge in [0.2, 0.25) is 0 Å². The van der Waals surface area contributed by atoms with E-state index in [9.17, 15) is 9.59 Å². The minimum absolute atomic E-state index is 0. The van der Waals surface area contributed by atoms with E-state index in [0.29, 0.717) is 26.2 Å². The molecule has 7 nitrogen and oxygen atoms in total. The number of likely N-dealkylation sites (tertiary alicyclic amines) is 1. The first-order valence-corrected chi connectivity index (χ1v) is 9.90. The largest absolute Gasteiger partial charge is 0.466 e. The maximum atomic E-state index is 12.0. The van der Waals surface area contributed by atoms with Gasteiger partial charge in [-0.15, -0.1) is 24.0 Å². The molecule has 0 aromatic carbocycles. The number of unbranched alkanes of at least 4 members (excludes halogenated alkanes) is 3. The van der Waals surface area contributed by atoms with Crippen molar-refractivity contribution < 1.29 is 19.1 Å². The van der Waals surface area contributed by atoms with Gasteiger partial charge < -0.3 is 19.7 Å². The van der Waals surface area contributed by atoms with Crippen LogP contribution in [-0.4, -0.2) is 62.7 Å². The van der Waals surface area contributed by atoms with Crippen LogP contribution in [0.15, 0.2) is 4.99 Å². The van der Waals surface area contributed by atoms with Gasteiger partial charge in [-0.2, -0.15) is 0 Å². The van der Waals surface area contributed by atoms with E-state index in [0.717, 1.165) is 57.6 Å². The first-order valence-electron chi connectivity index (χ1n) is 9.90. The third kappa shape index (κ3) is 10.8. The molecule has 8 heteroatoms. The van der Waals surface area contributed by atoms with Crippen LogP contribution in [0.1, 0.15) is 58.8 Å². The summed E-state index contributed by atoms with van der Waals surface area (Å²) in [4.78, 5) is 29.7. The number of guanidine groups is 1. The molecule has 1 aliphatic rings. The summed E-state index contributed by atoms with van der Waals surface area (Å²) in [6, 6.07) is 0. The van der Waals surface area contributed by atoms with Crippen molar-refractivity contribution in [1.82, 2.24) is 10.2 Å². The summed E-state index contributed by atoms with van der Waals surface area (Å²) in [5.41, 5.74) is 0. The number of carbonyl (C=O) groups is 2. The van der Waals surface area contributed by atoms with Crippen LogP contribution >= 0.6 is 24.0 Å². The van der Waals surface area contributed by atoms with Crippen LogP contribution in [0.25, 0.3) is 0 Å². The van der Waals surface area contributed by atoms with Crippen molar-refractivity contribution in [1.29, 1.82) is 0 Å². The number of aliphatic imine (C=N–C) groups is 1. The van der Waals surface area contributed by atoms with Crippen molar-refractivity contribution in [3.63, 3.8) is 0 Å². The summed E-state index contributed by atoms with van der Waals surface area (Å²) in [7, 11) is 1.77. The minimum atomic E-state index is -0.104. The highest BCUT2D eigenvalue weighted by molar-refractivity contribution is 14.0. The Morgan fingerprint density at radius 3 is 2.48 bits per heavy atom. The minimum Gasteiger partial charge on any atom is -0.466 e. The number of halogens is 1. The number of hydrogen-bond acceptors (Lipinski definition) is 5. The van der Waals surface area contributed by atoms with Crippen LogP contribution in [0.3, 0.4) is 0 Å². The maximum Gasteiger partial charge on any atom is 0.310 e. The molecular weight excluding hydrogens is 461 g/mol. The topological polar surface area (TPSA) is 80.2 Å². The highest BCUT2D eigenvalue weighted by Gasteiger charge is 2.28. The molecule has 0 spiro atoms. The number of carbonyl (C=O) groups excluding carboxylic acids is 2. The van der Waals surface area contributed by atoms with Gasteiger partial charge in [0, 0.05) is 33.1 Å². The van der Waals surface area contributed by atoms with Gasteiger partial charge in [-0.25, -0.2) is 0 Å². The van der Waals surface area contributed by atoms with E-state index in [1.54, 1.807) is 7.05 Å². The molecular formula is C19H36IN3O4. The van der Waals surface area contributed by atoms with Gasteiger partial charge in [0.05, 0.1) is 19.1 Å². The standard InChI is InChI=1S/C19H35N3O4.HI/c1-4-25-17(23)12-8-6-7-9-13-21-19(20-3)22-14-10-11-16(15-22)18(24)26-5-2;/h16H,4-15H2,1-3H3,(H,20,21);1H. The monoisotopic (exact) mass is 497 g/mol. The van der Waals surface area contributed by atoms with Gasteiger partial charge in [-0.1, -0.05) is 12.8 Å². The lowest BCUT2D eigenvalue weighted by atomic mass is 9.98. The maximum absolute atomic E-state index is 12.0. The highest BCUT2D eigenvalue weighted by atomic mass is 127. The Labute approximate surface area is 180 Å².